The highest BCUT2D eigenvalue weighted by molar-refractivity contribution is 14.1. The Morgan fingerprint density at radius 3 is 2.90 bits per heavy atom. The van der Waals surface area contributed by atoms with Crippen LogP contribution in [0.4, 0.5) is 15.8 Å². The molecule has 0 bridgehead atoms. The SMILES string of the molecule is Nc1cc(I)c(F)cc1NC1CCCc2ccccc21. The fourth-order valence-electron chi connectivity index (χ4n) is 2.78. The van der Waals surface area contributed by atoms with Crippen molar-refractivity contribution in [1.29, 1.82) is 0 Å². The number of nitrogens with one attached hydrogen (secondary N) is 1. The van der Waals surface area contributed by atoms with E-state index in [0.29, 0.717) is 14.9 Å². The molecule has 0 saturated heterocycles. The number of anilines is 2. The second-order valence-electron chi connectivity index (χ2n) is 5.14. The maximum absolute atomic E-state index is 13.7. The minimum Gasteiger partial charge on any atom is -0.397 e. The lowest BCUT2D eigenvalue weighted by atomic mass is 9.87. The molecule has 0 aliphatic heterocycles. The number of halogens is 2. The molecule has 20 heavy (non-hydrogen) atoms. The molecule has 2 aromatic carbocycles. The summed E-state index contributed by atoms with van der Waals surface area (Å²) in [7, 11) is 0. The topological polar surface area (TPSA) is 38.0 Å². The Morgan fingerprint density at radius 1 is 1.25 bits per heavy atom. The maximum Gasteiger partial charge on any atom is 0.138 e. The van der Waals surface area contributed by atoms with Gasteiger partial charge in [-0.15, -0.1) is 0 Å². The number of hydrogen-bond donors (Lipinski definition) is 2. The molecule has 0 radical (unpaired) electrons. The largest absolute Gasteiger partial charge is 0.397 e. The van der Waals surface area contributed by atoms with Crippen LogP contribution >= 0.6 is 22.6 Å². The van der Waals surface area contributed by atoms with Gasteiger partial charge in [0.15, 0.2) is 0 Å². The standard InChI is InChI=1S/C16H16FIN2/c17-12-8-16(14(19)9-13(12)18)20-15-7-3-5-10-4-1-2-6-11(10)15/h1-2,4,6,8-9,15,20H,3,5,7,19H2. The van der Waals surface area contributed by atoms with E-state index in [2.05, 4.69) is 29.6 Å². The van der Waals surface area contributed by atoms with Gasteiger partial charge in [0.2, 0.25) is 0 Å². The first-order valence-electron chi connectivity index (χ1n) is 6.74. The summed E-state index contributed by atoms with van der Waals surface area (Å²) in [6, 6.07) is 11.8. The second kappa shape index (κ2) is 5.60. The van der Waals surface area contributed by atoms with Gasteiger partial charge < -0.3 is 11.1 Å². The number of nitrogens with two attached hydrogens (primary N) is 1. The van der Waals surface area contributed by atoms with Crippen molar-refractivity contribution in [2.45, 2.75) is 25.3 Å². The average Bonchev–Trinajstić information content (AvgIpc) is 2.45. The molecule has 2 nitrogen and oxygen atoms in total. The third kappa shape index (κ3) is 2.61. The Morgan fingerprint density at radius 2 is 2.05 bits per heavy atom. The average molecular weight is 382 g/mol. The van der Waals surface area contributed by atoms with Gasteiger partial charge in [-0.2, -0.15) is 0 Å². The number of aryl methyl sites for hydroxylation is 1. The number of benzene rings is 2. The van der Waals surface area contributed by atoms with Crippen LogP contribution in [-0.2, 0) is 6.42 Å². The second-order valence-corrected chi connectivity index (χ2v) is 6.30. The zero-order valence-electron chi connectivity index (χ0n) is 11.0. The van der Waals surface area contributed by atoms with E-state index in [1.54, 1.807) is 6.07 Å². The van der Waals surface area contributed by atoms with Crippen molar-refractivity contribution in [3.8, 4) is 0 Å². The highest BCUT2D eigenvalue weighted by Crippen LogP contribution is 2.34. The molecule has 1 aliphatic rings. The molecule has 0 aromatic heterocycles. The molecule has 1 unspecified atom stereocenters. The lowest BCUT2D eigenvalue weighted by Crippen LogP contribution is -2.18. The quantitative estimate of drug-likeness (QED) is 0.593. The lowest BCUT2D eigenvalue weighted by molar-refractivity contribution is 0.597. The van der Waals surface area contributed by atoms with Crippen LogP contribution in [0.5, 0.6) is 0 Å². The molecule has 1 aliphatic carbocycles. The minimum absolute atomic E-state index is 0.210. The van der Waals surface area contributed by atoms with Crippen molar-refractivity contribution >= 4 is 34.0 Å². The van der Waals surface area contributed by atoms with E-state index in [0.717, 1.165) is 19.3 Å². The Bertz CT molecular complexity index is 642. The predicted molar refractivity (Wildman–Crippen MR) is 89.3 cm³/mol. The molecule has 104 valence electrons. The molecule has 0 spiro atoms. The van der Waals surface area contributed by atoms with Crippen molar-refractivity contribution in [3.05, 3.63) is 56.9 Å². The highest BCUT2D eigenvalue weighted by Gasteiger charge is 2.20. The third-order valence-corrected chi connectivity index (χ3v) is 4.62. The molecule has 0 saturated carbocycles. The fourth-order valence-corrected chi connectivity index (χ4v) is 3.27. The van der Waals surface area contributed by atoms with E-state index >= 15 is 0 Å². The zero-order valence-corrected chi connectivity index (χ0v) is 13.2. The predicted octanol–water partition coefficient (Wildman–Crippen LogP) is 4.50. The Labute approximate surface area is 131 Å². The van der Waals surface area contributed by atoms with Crippen LogP contribution in [-0.4, -0.2) is 0 Å². The number of fused-ring (bicyclic) bond motifs is 1. The first-order chi connectivity index (χ1) is 9.65. The summed E-state index contributed by atoms with van der Waals surface area (Å²) in [5, 5.41) is 3.41. The van der Waals surface area contributed by atoms with Crippen LogP contribution in [0.15, 0.2) is 36.4 Å². The summed E-state index contributed by atoms with van der Waals surface area (Å²) in [5.41, 5.74) is 9.95. The molecular formula is C16H16FIN2. The van der Waals surface area contributed by atoms with Crippen LogP contribution < -0.4 is 11.1 Å². The zero-order chi connectivity index (χ0) is 14.1. The molecule has 0 amide bonds. The molecule has 0 fully saturated rings. The molecule has 0 heterocycles. The van der Waals surface area contributed by atoms with Gasteiger partial charge in [-0.05, 0) is 59.0 Å². The first kappa shape index (κ1) is 13.7. The summed E-state index contributed by atoms with van der Waals surface area (Å²) in [5.74, 6) is -0.230. The lowest BCUT2D eigenvalue weighted by Gasteiger charge is -2.27. The van der Waals surface area contributed by atoms with E-state index in [1.165, 1.54) is 17.2 Å². The number of hydrogen-bond acceptors (Lipinski definition) is 2. The van der Waals surface area contributed by atoms with Gasteiger partial charge in [0, 0.05) is 6.07 Å². The Kier molecular flexibility index (Phi) is 3.83. The number of rotatable bonds is 2. The smallest absolute Gasteiger partial charge is 0.138 e. The van der Waals surface area contributed by atoms with Gasteiger partial charge in [-0.25, -0.2) is 4.39 Å². The highest BCUT2D eigenvalue weighted by atomic mass is 127. The van der Waals surface area contributed by atoms with Crippen molar-refractivity contribution in [2.24, 2.45) is 0 Å². The summed E-state index contributed by atoms with van der Waals surface area (Å²) in [4.78, 5) is 0. The molecule has 3 N–H and O–H groups in total. The van der Waals surface area contributed by atoms with Crippen LogP contribution in [0, 0.1) is 9.39 Å². The van der Waals surface area contributed by atoms with Crippen LogP contribution in [0.25, 0.3) is 0 Å². The van der Waals surface area contributed by atoms with E-state index in [1.807, 2.05) is 22.6 Å². The minimum atomic E-state index is -0.230. The summed E-state index contributed by atoms with van der Waals surface area (Å²) < 4.78 is 14.3. The molecule has 1 atom stereocenters. The Hall–Kier alpha value is -1.30. The molecule has 3 rings (SSSR count). The van der Waals surface area contributed by atoms with Crippen LogP contribution in [0.3, 0.4) is 0 Å². The fraction of sp³-hybridized carbons (Fsp3) is 0.250. The van der Waals surface area contributed by atoms with Crippen molar-refractivity contribution in [3.63, 3.8) is 0 Å². The van der Waals surface area contributed by atoms with E-state index in [-0.39, 0.29) is 11.9 Å². The van der Waals surface area contributed by atoms with Crippen LogP contribution in [0.2, 0.25) is 0 Å². The van der Waals surface area contributed by atoms with Crippen LogP contribution in [0.1, 0.15) is 30.0 Å². The molecule has 4 heteroatoms. The normalized spacial score (nSPS) is 17.6. The van der Waals surface area contributed by atoms with E-state index in [9.17, 15) is 4.39 Å². The van der Waals surface area contributed by atoms with Gasteiger partial charge in [-0.1, -0.05) is 24.3 Å². The molecular weight excluding hydrogens is 366 g/mol. The molecule has 2 aromatic rings. The summed E-state index contributed by atoms with van der Waals surface area (Å²) in [6.45, 7) is 0. The third-order valence-electron chi connectivity index (χ3n) is 3.79. The number of nitrogen functional groups attached to an aromatic ring is 1. The van der Waals surface area contributed by atoms with Gasteiger partial charge in [0.25, 0.3) is 0 Å². The summed E-state index contributed by atoms with van der Waals surface area (Å²) >= 11 is 1.95. The Balaban J connectivity index is 1.91. The summed E-state index contributed by atoms with van der Waals surface area (Å²) in [6.07, 6.45) is 3.30. The van der Waals surface area contributed by atoms with Crippen molar-refractivity contribution < 1.29 is 4.39 Å². The maximum atomic E-state index is 13.7. The monoisotopic (exact) mass is 382 g/mol. The van der Waals surface area contributed by atoms with Crippen molar-refractivity contribution in [1.82, 2.24) is 0 Å². The van der Waals surface area contributed by atoms with E-state index < -0.39 is 0 Å². The van der Waals surface area contributed by atoms with Crippen molar-refractivity contribution in [2.75, 3.05) is 11.1 Å². The van der Waals surface area contributed by atoms with Gasteiger partial charge >= 0.3 is 0 Å². The first-order valence-corrected chi connectivity index (χ1v) is 7.82. The van der Waals surface area contributed by atoms with E-state index in [4.69, 9.17) is 5.73 Å². The van der Waals surface area contributed by atoms with Gasteiger partial charge in [0.05, 0.1) is 21.0 Å². The van der Waals surface area contributed by atoms with Gasteiger partial charge in [0.1, 0.15) is 5.82 Å². The van der Waals surface area contributed by atoms with Gasteiger partial charge in [-0.3, -0.25) is 0 Å².